The SMILES string of the molecule is CC=CCO[Si](CCCCCCCCCCCCCCCC)(OC)OC. The highest BCUT2D eigenvalue weighted by Gasteiger charge is 2.37. The molecule has 0 aliphatic heterocycles. The number of unbranched alkanes of at least 4 members (excludes halogenated alkanes) is 13. The molecule has 0 aromatic heterocycles. The molecule has 4 heteroatoms. The van der Waals surface area contributed by atoms with Gasteiger partial charge in [-0.1, -0.05) is 103 Å². The van der Waals surface area contributed by atoms with Gasteiger partial charge in [-0.3, -0.25) is 0 Å². The van der Waals surface area contributed by atoms with Crippen LogP contribution in [0.15, 0.2) is 12.2 Å². The Morgan fingerprint density at radius 3 is 1.46 bits per heavy atom. The molecule has 0 N–H and O–H groups in total. The van der Waals surface area contributed by atoms with Gasteiger partial charge in [-0.15, -0.1) is 0 Å². The molecule has 0 aliphatic rings. The molecule has 0 saturated carbocycles. The molecule has 0 aromatic rings. The van der Waals surface area contributed by atoms with Crippen LogP contribution in [0.25, 0.3) is 0 Å². The van der Waals surface area contributed by atoms with E-state index < -0.39 is 8.80 Å². The summed E-state index contributed by atoms with van der Waals surface area (Å²) in [6.07, 6.45) is 23.3. The van der Waals surface area contributed by atoms with E-state index in [2.05, 4.69) is 6.92 Å². The van der Waals surface area contributed by atoms with Gasteiger partial charge in [0, 0.05) is 20.3 Å². The average Bonchev–Trinajstić information content (AvgIpc) is 2.67. The molecule has 0 aliphatic carbocycles. The van der Waals surface area contributed by atoms with E-state index >= 15 is 0 Å². The third-order valence-electron chi connectivity index (χ3n) is 5.09. The fraction of sp³-hybridized carbons (Fsp3) is 0.909. The van der Waals surface area contributed by atoms with Crippen molar-refractivity contribution in [3.05, 3.63) is 12.2 Å². The highest BCUT2D eigenvalue weighted by Crippen LogP contribution is 2.19. The smallest absolute Gasteiger partial charge is 0.377 e. The van der Waals surface area contributed by atoms with E-state index in [1.165, 1.54) is 83.5 Å². The molecule has 0 unspecified atom stereocenters. The van der Waals surface area contributed by atoms with E-state index in [-0.39, 0.29) is 0 Å². The van der Waals surface area contributed by atoms with E-state index in [4.69, 9.17) is 13.3 Å². The van der Waals surface area contributed by atoms with E-state index in [1.807, 2.05) is 19.1 Å². The van der Waals surface area contributed by atoms with Gasteiger partial charge in [0.15, 0.2) is 0 Å². The second kappa shape index (κ2) is 19.6. The topological polar surface area (TPSA) is 27.7 Å². The molecule has 0 heterocycles. The van der Waals surface area contributed by atoms with Crippen molar-refractivity contribution in [2.45, 2.75) is 110 Å². The minimum atomic E-state index is -2.43. The molecule has 0 fully saturated rings. The summed E-state index contributed by atoms with van der Waals surface area (Å²) < 4.78 is 17.1. The van der Waals surface area contributed by atoms with Gasteiger partial charge in [0.05, 0.1) is 6.61 Å². The highest BCUT2D eigenvalue weighted by atomic mass is 28.4. The molecule has 0 radical (unpaired) electrons. The third kappa shape index (κ3) is 14.9. The Labute approximate surface area is 165 Å². The summed E-state index contributed by atoms with van der Waals surface area (Å²) in [5.74, 6) is 0. The third-order valence-corrected chi connectivity index (χ3v) is 7.91. The van der Waals surface area contributed by atoms with Crippen LogP contribution in [-0.2, 0) is 13.3 Å². The monoisotopic (exact) mass is 386 g/mol. The van der Waals surface area contributed by atoms with Gasteiger partial charge in [-0.25, -0.2) is 0 Å². The normalized spacial score (nSPS) is 12.3. The first-order chi connectivity index (χ1) is 12.7. The van der Waals surface area contributed by atoms with Gasteiger partial charge in [0.25, 0.3) is 0 Å². The predicted molar refractivity (Wildman–Crippen MR) is 116 cm³/mol. The molecule has 3 nitrogen and oxygen atoms in total. The maximum Gasteiger partial charge on any atom is 0.500 e. The molecule has 0 amide bonds. The van der Waals surface area contributed by atoms with E-state index in [0.717, 1.165) is 12.5 Å². The summed E-state index contributed by atoms with van der Waals surface area (Å²) in [4.78, 5) is 0. The standard InChI is InChI=1S/C22H46O3Si/c1-5-7-9-10-11-12-13-14-15-16-17-18-19-20-22-26(23-3,24-4)25-21-8-6-2/h6,8H,5,7,9-22H2,1-4H3. The molecule has 26 heavy (non-hydrogen) atoms. The summed E-state index contributed by atoms with van der Waals surface area (Å²) in [5, 5.41) is 0. The molecule has 0 saturated heterocycles. The zero-order chi connectivity index (χ0) is 19.3. The lowest BCUT2D eigenvalue weighted by Crippen LogP contribution is -2.43. The second-order valence-corrected chi connectivity index (χ2v) is 10.3. The van der Waals surface area contributed by atoms with Crippen LogP contribution in [-0.4, -0.2) is 29.6 Å². The maximum absolute atomic E-state index is 5.89. The van der Waals surface area contributed by atoms with Crippen molar-refractivity contribution in [1.29, 1.82) is 0 Å². The summed E-state index contributed by atoms with van der Waals surface area (Å²) in [7, 11) is 1.00. The van der Waals surface area contributed by atoms with Crippen LogP contribution in [0.5, 0.6) is 0 Å². The second-order valence-electron chi connectivity index (χ2n) is 7.32. The van der Waals surface area contributed by atoms with Crippen LogP contribution in [0.3, 0.4) is 0 Å². The maximum atomic E-state index is 5.89. The van der Waals surface area contributed by atoms with Gasteiger partial charge in [0.2, 0.25) is 0 Å². The predicted octanol–water partition coefficient (Wildman–Crippen LogP) is 7.29. The van der Waals surface area contributed by atoms with Crippen molar-refractivity contribution >= 4 is 8.80 Å². The fourth-order valence-electron chi connectivity index (χ4n) is 3.28. The Kier molecular flexibility index (Phi) is 19.5. The molecule has 156 valence electrons. The number of allylic oxidation sites excluding steroid dienone is 1. The Morgan fingerprint density at radius 2 is 1.08 bits per heavy atom. The first-order valence-electron chi connectivity index (χ1n) is 11.1. The minimum absolute atomic E-state index is 0.586. The fourth-order valence-corrected chi connectivity index (χ4v) is 5.27. The van der Waals surface area contributed by atoms with Crippen LogP contribution in [0.4, 0.5) is 0 Å². The van der Waals surface area contributed by atoms with Crippen LogP contribution < -0.4 is 0 Å². The average molecular weight is 387 g/mol. The molecule has 0 atom stereocenters. The van der Waals surface area contributed by atoms with Crippen molar-refractivity contribution in [2.75, 3.05) is 20.8 Å². The van der Waals surface area contributed by atoms with E-state index in [1.54, 1.807) is 14.2 Å². The Balaban J connectivity index is 3.47. The Hall–Kier alpha value is -0.163. The molecule has 0 bridgehead atoms. The van der Waals surface area contributed by atoms with Gasteiger partial charge >= 0.3 is 8.80 Å². The molecule has 0 rings (SSSR count). The summed E-state index contributed by atoms with van der Waals surface area (Å²) in [6, 6.07) is 0.926. The number of rotatable bonds is 20. The van der Waals surface area contributed by atoms with E-state index in [0.29, 0.717) is 6.61 Å². The molecular formula is C22H46O3Si. The Bertz CT molecular complexity index is 304. The first-order valence-corrected chi connectivity index (χ1v) is 13.0. The first kappa shape index (κ1) is 25.8. The lowest BCUT2D eigenvalue weighted by Gasteiger charge is -2.25. The zero-order valence-electron chi connectivity index (χ0n) is 18.2. The highest BCUT2D eigenvalue weighted by molar-refractivity contribution is 6.60. The largest absolute Gasteiger partial charge is 0.500 e. The molecule has 0 aromatic carbocycles. The van der Waals surface area contributed by atoms with Crippen molar-refractivity contribution in [3.63, 3.8) is 0 Å². The molecular weight excluding hydrogens is 340 g/mol. The van der Waals surface area contributed by atoms with E-state index in [9.17, 15) is 0 Å². The summed E-state index contributed by atoms with van der Waals surface area (Å²) in [5.41, 5.74) is 0. The quantitative estimate of drug-likeness (QED) is 0.125. The zero-order valence-corrected chi connectivity index (χ0v) is 19.2. The summed E-state index contributed by atoms with van der Waals surface area (Å²) in [6.45, 7) is 4.87. The van der Waals surface area contributed by atoms with Gasteiger partial charge in [-0.2, -0.15) is 0 Å². The minimum Gasteiger partial charge on any atom is -0.377 e. The van der Waals surface area contributed by atoms with Crippen LogP contribution in [0.2, 0.25) is 6.04 Å². The van der Waals surface area contributed by atoms with Crippen molar-refractivity contribution in [3.8, 4) is 0 Å². The van der Waals surface area contributed by atoms with Crippen LogP contribution in [0, 0.1) is 0 Å². The number of hydrogen-bond donors (Lipinski definition) is 0. The van der Waals surface area contributed by atoms with Crippen LogP contribution >= 0.6 is 0 Å². The molecule has 0 spiro atoms. The van der Waals surface area contributed by atoms with Crippen molar-refractivity contribution < 1.29 is 13.3 Å². The lowest BCUT2D eigenvalue weighted by atomic mass is 10.0. The summed E-state index contributed by atoms with van der Waals surface area (Å²) >= 11 is 0. The van der Waals surface area contributed by atoms with Gasteiger partial charge in [0.1, 0.15) is 0 Å². The Morgan fingerprint density at radius 1 is 0.654 bits per heavy atom. The van der Waals surface area contributed by atoms with Crippen molar-refractivity contribution in [2.24, 2.45) is 0 Å². The van der Waals surface area contributed by atoms with Crippen molar-refractivity contribution in [1.82, 2.24) is 0 Å². The lowest BCUT2D eigenvalue weighted by molar-refractivity contribution is 0.109. The number of hydrogen-bond acceptors (Lipinski definition) is 3. The van der Waals surface area contributed by atoms with Gasteiger partial charge < -0.3 is 13.3 Å². The van der Waals surface area contributed by atoms with Crippen LogP contribution in [0.1, 0.15) is 104 Å². The van der Waals surface area contributed by atoms with Gasteiger partial charge in [-0.05, 0) is 13.3 Å².